The van der Waals surface area contributed by atoms with Gasteiger partial charge in [0.2, 0.25) is 0 Å². The van der Waals surface area contributed by atoms with Crippen LogP contribution in [0.3, 0.4) is 0 Å². The lowest BCUT2D eigenvalue weighted by atomic mass is 9.82. The zero-order valence-electron chi connectivity index (χ0n) is 18.2. The first kappa shape index (κ1) is 25.4. The largest absolute Gasteiger partial charge is 0.466 e. The van der Waals surface area contributed by atoms with Gasteiger partial charge in [0, 0.05) is 38.0 Å². The smallest absolute Gasteiger partial charge is 0.305 e. The van der Waals surface area contributed by atoms with E-state index in [1.54, 1.807) is 6.92 Å². The molecule has 0 aromatic carbocycles. The van der Waals surface area contributed by atoms with Gasteiger partial charge < -0.3 is 4.74 Å². The van der Waals surface area contributed by atoms with Crippen molar-refractivity contribution in [2.45, 2.75) is 97.6 Å². The van der Waals surface area contributed by atoms with Gasteiger partial charge >= 0.3 is 5.97 Å². The van der Waals surface area contributed by atoms with Gasteiger partial charge in [-0.05, 0) is 44.4 Å². The topological polar surface area (TPSA) is 77.5 Å². The third kappa shape index (κ3) is 9.18. The zero-order valence-corrected chi connectivity index (χ0v) is 18.2. The normalized spacial score (nSPS) is 22.5. The molecule has 1 saturated carbocycles. The van der Waals surface area contributed by atoms with Crippen LogP contribution in [0.2, 0.25) is 0 Å². The van der Waals surface area contributed by atoms with E-state index in [1.165, 1.54) is 0 Å². The van der Waals surface area contributed by atoms with Crippen molar-refractivity contribution in [1.82, 2.24) is 0 Å². The molecule has 0 amide bonds. The standard InChI is InChI=1S/C23H37FO5/c1-4-6-10-20(24)21(26)13-12-18-16(3)14-22(27)19(18)15-17(25)9-7-8-11-23(28)29-5-2/h16,18-20H,4-15H2,1-3H3/t16?,18-,19?,20?/m0/s1. The first-order chi connectivity index (χ1) is 13.8. The lowest BCUT2D eigenvalue weighted by Crippen LogP contribution is -2.23. The number of rotatable bonds is 15. The second kappa shape index (κ2) is 13.6. The van der Waals surface area contributed by atoms with Crippen LogP contribution in [-0.2, 0) is 23.9 Å². The Morgan fingerprint density at radius 3 is 2.45 bits per heavy atom. The predicted molar refractivity (Wildman–Crippen MR) is 109 cm³/mol. The number of unbranched alkanes of at least 4 members (excludes halogenated alkanes) is 2. The molecule has 0 aliphatic heterocycles. The first-order valence-corrected chi connectivity index (χ1v) is 11.2. The van der Waals surface area contributed by atoms with Gasteiger partial charge in [-0.15, -0.1) is 0 Å². The molecule has 0 spiro atoms. The van der Waals surface area contributed by atoms with E-state index in [0.29, 0.717) is 51.6 Å². The Kier molecular flexibility index (Phi) is 11.9. The predicted octanol–water partition coefficient (Wildman–Crippen LogP) is 4.79. The third-order valence-electron chi connectivity index (χ3n) is 5.91. The highest BCUT2D eigenvalue weighted by Crippen LogP contribution is 2.39. The van der Waals surface area contributed by atoms with E-state index >= 15 is 0 Å². The monoisotopic (exact) mass is 412 g/mol. The maximum Gasteiger partial charge on any atom is 0.305 e. The van der Waals surface area contributed by atoms with Gasteiger partial charge in [-0.25, -0.2) is 4.39 Å². The second-order valence-electron chi connectivity index (χ2n) is 8.29. The van der Waals surface area contributed by atoms with Crippen LogP contribution in [0.15, 0.2) is 0 Å². The highest BCUT2D eigenvalue weighted by molar-refractivity contribution is 5.90. The molecule has 0 radical (unpaired) electrons. The summed E-state index contributed by atoms with van der Waals surface area (Å²) in [5.74, 6) is -0.812. The van der Waals surface area contributed by atoms with Gasteiger partial charge in [0.05, 0.1) is 6.61 Å². The van der Waals surface area contributed by atoms with Crippen molar-refractivity contribution in [2.24, 2.45) is 17.8 Å². The number of esters is 1. The fourth-order valence-corrected chi connectivity index (χ4v) is 4.19. The minimum Gasteiger partial charge on any atom is -0.466 e. The Hall–Kier alpha value is -1.59. The molecule has 1 fully saturated rings. The molecule has 0 aromatic rings. The van der Waals surface area contributed by atoms with E-state index in [1.807, 2.05) is 13.8 Å². The highest BCUT2D eigenvalue weighted by atomic mass is 19.1. The van der Waals surface area contributed by atoms with E-state index in [-0.39, 0.29) is 60.3 Å². The van der Waals surface area contributed by atoms with Crippen molar-refractivity contribution in [2.75, 3.05) is 6.61 Å². The third-order valence-corrected chi connectivity index (χ3v) is 5.91. The summed E-state index contributed by atoms with van der Waals surface area (Å²) in [7, 11) is 0. The molecule has 6 heteroatoms. The maximum absolute atomic E-state index is 13.9. The quantitative estimate of drug-likeness (QED) is 0.285. The molecule has 0 aromatic heterocycles. The lowest BCUT2D eigenvalue weighted by molar-refractivity contribution is -0.143. The molecular weight excluding hydrogens is 375 g/mol. The van der Waals surface area contributed by atoms with E-state index in [2.05, 4.69) is 0 Å². The second-order valence-corrected chi connectivity index (χ2v) is 8.29. The van der Waals surface area contributed by atoms with Gasteiger partial charge in [-0.3, -0.25) is 19.2 Å². The Labute approximate surface area is 174 Å². The summed E-state index contributed by atoms with van der Waals surface area (Å²) in [6.45, 7) is 6.04. The molecule has 0 heterocycles. The van der Waals surface area contributed by atoms with Gasteiger partial charge in [0.1, 0.15) is 11.6 Å². The molecule has 166 valence electrons. The molecule has 1 aliphatic carbocycles. The molecule has 4 atom stereocenters. The Morgan fingerprint density at radius 2 is 1.79 bits per heavy atom. The molecular formula is C23H37FO5. The number of alkyl halides is 1. The van der Waals surface area contributed by atoms with Gasteiger partial charge in [0.25, 0.3) is 0 Å². The number of hydrogen-bond acceptors (Lipinski definition) is 5. The fraction of sp³-hybridized carbons (Fsp3) is 0.826. The van der Waals surface area contributed by atoms with Crippen LogP contribution in [0, 0.1) is 17.8 Å². The fourth-order valence-electron chi connectivity index (χ4n) is 4.19. The van der Waals surface area contributed by atoms with Crippen LogP contribution >= 0.6 is 0 Å². The SMILES string of the molecule is CCCCC(F)C(=O)CC[C@H]1C(C)CC(=O)C1CC(=O)CCCCC(=O)OCC. The van der Waals surface area contributed by atoms with Crippen molar-refractivity contribution < 1.29 is 28.3 Å². The highest BCUT2D eigenvalue weighted by Gasteiger charge is 2.40. The lowest BCUT2D eigenvalue weighted by Gasteiger charge is -2.21. The molecule has 5 nitrogen and oxygen atoms in total. The Balaban J connectivity index is 2.45. The van der Waals surface area contributed by atoms with E-state index in [9.17, 15) is 23.6 Å². The van der Waals surface area contributed by atoms with Crippen LogP contribution in [0.1, 0.15) is 91.4 Å². The van der Waals surface area contributed by atoms with Gasteiger partial charge in [-0.1, -0.05) is 26.7 Å². The van der Waals surface area contributed by atoms with Crippen LogP contribution in [0.4, 0.5) is 4.39 Å². The number of ether oxygens (including phenoxy) is 1. The molecule has 0 saturated heterocycles. The summed E-state index contributed by atoms with van der Waals surface area (Å²) in [4.78, 5) is 48.1. The molecule has 0 N–H and O–H groups in total. The summed E-state index contributed by atoms with van der Waals surface area (Å²) < 4.78 is 18.8. The first-order valence-electron chi connectivity index (χ1n) is 11.2. The molecule has 1 aliphatic rings. The number of carbonyl (C=O) groups excluding carboxylic acids is 4. The Bertz CT molecular complexity index is 559. The van der Waals surface area contributed by atoms with Crippen LogP contribution in [-0.4, -0.2) is 36.1 Å². The van der Waals surface area contributed by atoms with Crippen molar-refractivity contribution in [1.29, 1.82) is 0 Å². The average molecular weight is 413 g/mol. The van der Waals surface area contributed by atoms with E-state index in [4.69, 9.17) is 4.74 Å². The summed E-state index contributed by atoms with van der Waals surface area (Å²) >= 11 is 0. The molecule has 1 rings (SSSR count). The summed E-state index contributed by atoms with van der Waals surface area (Å²) in [6.07, 6.45) is 3.45. The molecule has 0 bridgehead atoms. The molecule has 29 heavy (non-hydrogen) atoms. The minimum absolute atomic E-state index is 0.0175. The number of ketones is 3. The summed E-state index contributed by atoms with van der Waals surface area (Å²) in [5, 5.41) is 0. The number of carbonyl (C=O) groups is 4. The van der Waals surface area contributed by atoms with E-state index < -0.39 is 6.17 Å². The summed E-state index contributed by atoms with van der Waals surface area (Å²) in [5.41, 5.74) is 0. The van der Waals surface area contributed by atoms with E-state index in [0.717, 1.165) is 6.42 Å². The average Bonchev–Trinajstić information content (AvgIpc) is 2.94. The van der Waals surface area contributed by atoms with Crippen molar-refractivity contribution in [3.05, 3.63) is 0 Å². The van der Waals surface area contributed by atoms with Crippen LogP contribution in [0.5, 0.6) is 0 Å². The number of Topliss-reactive ketones (excluding diaryl/α,β-unsaturated/α-hetero) is 3. The Morgan fingerprint density at radius 1 is 1.10 bits per heavy atom. The molecule has 3 unspecified atom stereocenters. The van der Waals surface area contributed by atoms with Crippen LogP contribution in [0.25, 0.3) is 0 Å². The van der Waals surface area contributed by atoms with Crippen molar-refractivity contribution >= 4 is 23.3 Å². The van der Waals surface area contributed by atoms with Crippen molar-refractivity contribution in [3.63, 3.8) is 0 Å². The summed E-state index contributed by atoms with van der Waals surface area (Å²) in [6, 6.07) is 0. The van der Waals surface area contributed by atoms with Gasteiger partial charge in [0.15, 0.2) is 12.0 Å². The van der Waals surface area contributed by atoms with Crippen LogP contribution < -0.4 is 0 Å². The van der Waals surface area contributed by atoms with Crippen molar-refractivity contribution in [3.8, 4) is 0 Å². The number of hydrogen-bond donors (Lipinski definition) is 0. The van der Waals surface area contributed by atoms with Gasteiger partial charge in [-0.2, -0.15) is 0 Å². The number of halogens is 1. The minimum atomic E-state index is -1.41. The zero-order chi connectivity index (χ0) is 21.8. The maximum atomic E-state index is 13.9.